The van der Waals surface area contributed by atoms with Gasteiger partial charge in [0.25, 0.3) is 0 Å². The van der Waals surface area contributed by atoms with Crippen molar-refractivity contribution in [3.8, 4) is 0 Å². The summed E-state index contributed by atoms with van der Waals surface area (Å²) in [7, 11) is 0. The van der Waals surface area contributed by atoms with Gasteiger partial charge in [0.05, 0.1) is 24.0 Å². The van der Waals surface area contributed by atoms with E-state index in [0.29, 0.717) is 12.8 Å². The van der Waals surface area contributed by atoms with Gasteiger partial charge in [-0.2, -0.15) is 5.10 Å². The Morgan fingerprint density at radius 1 is 1.33 bits per heavy atom. The molecule has 94 valence electrons. The lowest BCUT2D eigenvalue weighted by atomic mass is 9.85. The average molecular weight is 245 g/mol. The summed E-state index contributed by atoms with van der Waals surface area (Å²) in [6, 6.07) is 1.83. The van der Waals surface area contributed by atoms with Crippen LogP contribution >= 0.6 is 0 Å². The van der Waals surface area contributed by atoms with Gasteiger partial charge in [0, 0.05) is 30.8 Å². The van der Waals surface area contributed by atoms with E-state index in [1.807, 2.05) is 12.3 Å². The molecule has 0 saturated carbocycles. The molecule has 5 nitrogen and oxygen atoms in total. The second kappa shape index (κ2) is 3.52. The van der Waals surface area contributed by atoms with Crippen molar-refractivity contribution in [2.24, 2.45) is 0 Å². The first-order chi connectivity index (χ1) is 8.74. The van der Waals surface area contributed by atoms with Gasteiger partial charge in [0.2, 0.25) is 0 Å². The van der Waals surface area contributed by atoms with E-state index in [1.165, 1.54) is 0 Å². The molecule has 1 N–H and O–H groups in total. The summed E-state index contributed by atoms with van der Waals surface area (Å²) in [4.78, 5) is 4.33. The number of rotatable bonds is 1. The van der Waals surface area contributed by atoms with E-state index in [2.05, 4.69) is 10.1 Å². The van der Waals surface area contributed by atoms with Gasteiger partial charge >= 0.3 is 0 Å². The van der Waals surface area contributed by atoms with Gasteiger partial charge in [-0.1, -0.05) is 0 Å². The van der Waals surface area contributed by atoms with Crippen molar-refractivity contribution < 1.29 is 9.84 Å². The first-order valence-electron chi connectivity index (χ1n) is 6.41. The van der Waals surface area contributed by atoms with Crippen molar-refractivity contribution in [1.82, 2.24) is 14.6 Å². The quantitative estimate of drug-likeness (QED) is 0.821. The summed E-state index contributed by atoms with van der Waals surface area (Å²) < 4.78 is 7.51. The maximum atomic E-state index is 10.9. The molecule has 2 aliphatic heterocycles. The Bertz CT molecular complexity index is 583. The highest BCUT2D eigenvalue weighted by atomic mass is 16.5. The van der Waals surface area contributed by atoms with E-state index in [-0.39, 0.29) is 12.2 Å². The van der Waals surface area contributed by atoms with E-state index in [9.17, 15) is 5.11 Å². The average Bonchev–Trinajstić information content (AvgIpc) is 2.93. The summed E-state index contributed by atoms with van der Waals surface area (Å²) in [5.74, 6) is 0. The van der Waals surface area contributed by atoms with Crippen LogP contribution in [0.25, 0.3) is 5.65 Å². The van der Waals surface area contributed by atoms with Crippen molar-refractivity contribution in [2.75, 3.05) is 0 Å². The monoisotopic (exact) mass is 245 g/mol. The van der Waals surface area contributed by atoms with Gasteiger partial charge in [-0.3, -0.25) is 0 Å². The third-order valence-corrected chi connectivity index (χ3v) is 4.11. The summed E-state index contributed by atoms with van der Waals surface area (Å²) >= 11 is 0. The number of nitrogens with zero attached hydrogens (tertiary/aromatic N) is 3. The first-order valence-corrected chi connectivity index (χ1v) is 6.41. The molecule has 0 aliphatic carbocycles. The van der Waals surface area contributed by atoms with Gasteiger partial charge < -0.3 is 9.84 Å². The molecule has 0 radical (unpaired) electrons. The van der Waals surface area contributed by atoms with E-state index in [4.69, 9.17) is 4.74 Å². The number of hydrogen-bond donors (Lipinski definition) is 1. The minimum Gasteiger partial charge on any atom is -0.385 e. The molecule has 2 fully saturated rings. The highest BCUT2D eigenvalue weighted by molar-refractivity contribution is 5.49. The van der Waals surface area contributed by atoms with E-state index in [0.717, 1.165) is 24.1 Å². The molecule has 0 spiro atoms. The summed E-state index contributed by atoms with van der Waals surface area (Å²) in [5, 5.41) is 15.2. The molecule has 2 saturated heterocycles. The maximum absolute atomic E-state index is 10.9. The Hall–Kier alpha value is -1.46. The molecule has 18 heavy (non-hydrogen) atoms. The van der Waals surface area contributed by atoms with Gasteiger partial charge in [-0.25, -0.2) is 9.50 Å². The lowest BCUT2D eigenvalue weighted by Crippen LogP contribution is -2.38. The minimum absolute atomic E-state index is 0.187. The number of hydrogen-bond acceptors (Lipinski definition) is 4. The van der Waals surface area contributed by atoms with Crippen molar-refractivity contribution in [3.05, 3.63) is 30.2 Å². The minimum atomic E-state index is -0.833. The van der Waals surface area contributed by atoms with Crippen LogP contribution in [0, 0.1) is 0 Å². The van der Waals surface area contributed by atoms with Crippen LogP contribution in [0.1, 0.15) is 31.2 Å². The largest absolute Gasteiger partial charge is 0.385 e. The van der Waals surface area contributed by atoms with Crippen LogP contribution in [0.15, 0.2) is 24.7 Å². The van der Waals surface area contributed by atoms with Gasteiger partial charge in [0.15, 0.2) is 5.65 Å². The Kier molecular flexibility index (Phi) is 2.05. The van der Waals surface area contributed by atoms with Gasteiger partial charge in [0.1, 0.15) is 0 Å². The number of fused-ring (bicyclic) bond motifs is 3. The molecule has 5 heteroatoms. The number of aliphatic hydroxyl groups is 1. The van der Waals surface area contributed by atoms with Crippen LogP contribution in [0.3, 0.4) is 0 Å². The molecule has 2 aliphatic rings. The summed E-state index contributed by atoms with van der Waals surface area (Å²) in [6.45, 7) is 0. The lowest BCUT2D eigenvalue weighted by Gasteiger charge is -2.35. The number of aromatic nitrogens is 3. The Morgan fingerprint density at radius 3 is 2.89 bits per heavy atom. The molecule has 2 unspecified atom stereocenters. The van der Waals surface area contributed by atoms with Crippen LogP contribution in [-0.2, 0) is 10.3 Å². The fourth-order valence-electron chi connectivity index (χ4n) is 3.29. The van der Waals surface area contributed by atoms with E-state index in [1.54, 1.807) is 16.9 Å². The third-order valence-electron chi connectivity index (χ3n) is 4.11. The molecular weight excluding hydrogens is 230 g/mol. The summed E-state index contributed by atoms with van der Waals surface area (Å²) in [5.41, 5.74) is 0.754. The first kappa shape index (κ1) is 10.5. The normalized spacial score (nSPS) is 35.2. The Morgan fingerprint density at radius 2 is 2.11 bits per heavy atom. The van der Waals surface area contributed by atoms with Crippen LogP contribution in [0.4, 0.5) is 0 Å². The molecule has 0 aromatic carbocycles. The fraction of sp³-hybridized carbons (Fsp3) is 0.538. The zero-order valence-electron chi connectivity index (χ0n) is 9.99. The topological polar surface area (TPSA) is 59.7 Å². The predicted molar refractivity (Wildman–Crippen MR) is 64.0 cm³/mol. The third kappa shape index (κ3) is 1.41. The molecule has 2 aromatic rings. The van der Waals surface area contributed by atoms with Crippen molar-refractivity contribution >= 4 is 5.65 Å². The standard InChI is InChI=1S/C13H15N3O2/c17-13(6-9-2-3-10(7-13)18-9)11-8-15-16-5-1-4-14-12(11)16/h1,4-5,8-10,17H,2-3,6-7H2. The molecule has 2 aromatic heterocycles. The van der Waals surface area contributed by atoms with Crippen LogP contribution < -0.4 is 0 Å². The number of ether oxygens (including phenoxy) is 1. The fourth-order valence-corrected chi connectivity index (χ4v) is 3.29. The maximum Gasteiger partial charge on any atom is 0.160 e. The highest BCUT2D eigenvalue weighted by Gasteiger charge is 2.46. The second-order valence-electron chi connectivity index (χ2n) is 5.34. The van der Waals surface area contributed by atoms with Crippen LogP contribution in [-0.4, -0.2) is 31.9 Å². The highest BCUT2D eigenvalue weighted by Crippen LogP contribution is 2.44. The van der Waals surface area contributed by atoms with Crippen LogP contribution in [0.5, 0.6) is 0 Å². The summed E-state index contributed by atoms with van der Waals surface area (Å²) in [6.07, 6.45) is 9.12. The molecule has 4 heterocycles. The zero-order chi connectivity index (χ0) is 12.2. The van der Waals surface area contributed by atoms with Crippen molar-refractivity contribution in [1.29, 1.82) is 0 Å². The second-order valence-corrected chi connectivity index (χ2v) is 5.34. The zero-order valence-corrected chi connectivity index (χ0v) is 9.99. The smallest absolute Gasteiger partial charge is 0.160 e. The predicted octanol–water partition coefficient (Wildman–Crippen LogP) is 1.26. The van der Waals surface area contributed by atoms with Crippen molar-refractivity contribution in [3.63, 3.8) is 0 Å². The van der Waals surface area contributed by atoms with E-state index >= 15 is 0 Å². The van der Waals surface area contributed by atoms with Gasteiger partial charge in [-0.15, -0.1) is 0 Å². The molecule has 2 bridgehead atoms. The van der Waals surface area contributed by atoms with Crippen molar-refractivity contribution in [2.45, 2.75) is 43.5 Å². The van der Waals surface area contributed by atoms with Crippen LogP contribution in [0.2, 0.25) is 0 Å². The van der Waals surface area contributed by atoms with Gasteiger partial charge in [-0.05, 0) is 18.9 Å². The Balaban J connectivity index is 1.82. The molecule has 4 rings (SSSR count). The molecular formula is C13H15N3O2. The molecule has 2 atom stereocenters. The lowest BCUT2D eigenvalue weighted by molar-refractivity contribution is -0.115. The Labute approximate surface area is 104 Å². The SMILES string of the molecule is OC1(c2cnn3cccnc23)CC2CCC(C1)O2. The van der Waals surface area contributed by atoms with E-state index < -0.39 is 5.60 Å². The molecule has 0 amide bonds.